The number of aromatic nitrogens is 1. The standard InChI is InChI=1S/C13H10N2O4S.ClH/c16-10-12-3-1-11(2-4-12)9-14-13-5-7-15(8-6-13)20(17,18)19;/h1-10H;1H. The minimum absolute atomic E-state index is 0. The molecule has 2 aromatic rings. The van der Waals surface area contributed by atoms with Gasteiger partial charge in [-0.05, 0) is 5.56 Å². The molecule has 0 aliphatic heterocycles. The molecule has 0 saturated heterocycles. The molecule has 1 aromatic heterocycles. The van der Waals surface area contributed by atoms with Crippen LogP contribution >= 0.6 is 0 Å². The number of benzene rings is 1. The third-order valence-corrected chi connectivity index (χ3v) is 3.26. The molecule has 0 atom stereocenters. The summed E-state index contributed by atoms with van der Waals surface area (Å²) in [6.07, 6.45) is 4.73. The van der Waals surface area contributed by atoms with Crippen LogP contribution in [0.25, 0.3) is 0 Å². The van der Waals surface area contributed by atoms with E-state index in [1.54, 1.807) is 30.5 Å². The zero-order valence-corrected chi connectivity index (χ0v) is 12.2. The fourth-order valence-electron chi connectivity index (χ4n) is 1.45. The van der Waals surface area contributed by atoms with Crippen molar-refractivity contribution in [1.29, 1.82) is 0 Å². The molecule has 110 valence electrons. The molecule has 6 nitrogen and oxygen atoms in total. The molecule has 1 aromatic carbocycles. The summed E-state index contributed by atoms with van der Waals surface area (Å²) in [5, 5.41) is 0. The van der Waals surface area contributed by atoms with E-state index in [2.05, 4.69) is 4.99 Å². The Morgan fingerprint density at radius 2 is 1.52 bits per heavy atom. The first-order chi connectivity index (χ1) is 9.49. The third-order valence-electron chi connectivity index (χ3n) is 2.49. The SMILES string of the molecule is O=Cc1ccc(C=Nc2cc[n+](S(=O)(=O)O)cc2)cc1.[Cl-]. The Balaban J connectivity index is 0.00000220. The normalized spacial score (nSPS) is 11.1. The number of hydrogen-bond acceptors (Lipinski definition) is 4. The minimum Gasteiger partial charge on any atom is -1.00 e. The van der Waals surface area contributed by atoms with Gasteiger partial charge in [-0.1, -0.05) is 28.2 Å². The minimum atomic E-state index is -4.26. The molecule has 0 spiro atoms. The van der Waals surface area contributed by atoms with E-state index in [0.717, 1.165) is 11.8 Å². The Morgan fingerprint density at radius 1 is 1.00 bits per heavy atom. The van der Waals surface area contributed by atoms with Gasteiger partial charge in [-0.15, -0.1) is 8.42 Å². The predicted molar refractivity (Wildman–Crippen MR) is 72.7 cm³/mol. The van der Waals surface area contributed by atoms with Gasteiger partial charge in [-0.2, -0.15) is 0 Å². The fraction of sp³-hybridized carbons (Fsp3) is 0. The smallest absolute Gasteiger partial charge is 0.511 e. The van der Waals surface area contributed by atoms with Gasteiger partial charge in [0.05, 0.1) is 5.69 Å². The number of aliphatic imine (C=N–C) groups is 1. The summed E-state index contributed by atoms with van der Waals surface area (Å²) in [5.74, 6) is 0. The van der Waals surface area contributed by atoms with Gasteiger partial charge < -0.3 is 12.4 Å². The van der Waals surface area contributed by atoms with Crippen molar-refractivity contribution in [2.24, 2.45) is 4.99 Å². The molecular weight excluding hydrogens is 316 g/mol. The lowest BCUT2D eigenvalue weighted by atomic mass is 10.2. The van der Waals surface area contributed by atoms with Crippen LogP contribution in [0.15, 0.2) is 53.8 Å². The number of carbonyl (C=O) groups excluding carboxylic acids is 1. The first-order valence-corrected chi connectivity index (χ1v) is 6.97. The molecule has 0 amide bonds. The number of aldehydes is 1. The predicted octanol–water partition coefficient (Wildman–Crippen LogP) is -1.81. The maximum atomic E-state index is 10.8. The molecule has 0 saturated carbocycles. The average Bonchev–Trinajstić information content (AvgIpc) is 2.45. The zero-order valence-electron chi connectivity index (χ0n) is 10.6. The highest BCUT2D eigenvalue weighted by molar-refractivity contribution is 7.79. The molecule has 8 heteroatoms. The van der Waals surface area contributed by atoms with Crippen LogP contribution in [-0.2, 0) is 10.3 Å². The number of rotatable bonds is 4. The summed E-state index contributed by atoms with van der Waals surface area (Å²) in [5.41, 5.74) is 1.92. The Labute approximate surface area is 128 Å². The fourth-order valence-corrected chi connectivity index (χ4v) is 1.88. The van der Waals surface area contributed by atoms with E-state index < -0.39 is 10.3 Å². The summed E-state index contributed by atoms with van der Waals surface area (Å²) in [6, 6.07) is 9.73. The van der Waals surface area contributed by atoms with Crippen molar-refractivity contribution in [3.63, 3.8) is 0 Å². The molecule has 0 unspecified atom stereocenters. The Morgan fingerprint density at radius 3 is 2.00 bits per heavy atom. The van der Waals surface area contributed by atoms with E-state index in [9.17, 15) is 13.2 Å². The summed E-state index contributed by atoms with van der Waals surface area (Å²) in [7, 11) is -4.26. The van der Waals surface area contributed by atoms with Gasteiger partial charge in [0.2, 0.25) is 0 Å². The van der Waals surface area contributed by atoms with E-state index in [1.165, 1.54) is 24.5 Å². The van der Waals surface area contributed by atoms with Crippen molar-refractivity contribution < 1.29 is 34.1 Å². The van der Waals surface area contributed by atoms with Crippen molar-refractivity contribution in [1.82, 2.24) is 0 Å². The number of hydrogen-bond donors (Lipinski definition) is 1. The first-order valence-electron chi connectivity index (χ1n) is 5.58. The van der Waals surface area contributed by atoms with Gasteiger partial charge in [0.25, 0.3) is 0 Å². The maximum Gasteiger partial charge on any atom is 0.511 e. The Hall–Kier alpha value is -2.09. The Kier molecular flexibility index (Phi) is 5.71. The van der Waals surface area contributed by atoms with Gasteiger partial charge >= 0.3 is 10.3 Å². The molecule has 0 aliphatic rings. The summed E-state index contributed by atoms with van der Waals surface area (Å²) < 4.78 is 31.1. The van der Waals surface area contributed by atoms with Crippen LogP contribution in [0.4, 0.5) is 5.69 Å². The van der Waals surface area contributed by atoms with E-state index >= 15 is 0 Å². The van der Waals surface area contributed by atoms with Crippen LogP contribution in [0.5, 0.6) is 0 Å². The lowest BCUT2D eigenvalue weighted by molar-refractivity contribution is -0.519. The van der Waals surface area contributed by atoms with Gasteiger partial charge in [0.1, 0.15) is 6.29 Å². The lowest BCUT2D eigenvalue weighted by Gasteiger charge is -1.94. The van der Waals surface area contributed by atoms with Gasteiger partial charge in [-0.25, -0.2) is 4.55 Å². The molecule has 1 heterocycles. The Bertz CT molecular complexity index is 741. The topological polar surface area (TPSA) is 87.7 Å². The van der Waals surface area contributed by atoms with Gasteiger partial charge in [-0.3, -0.25) is 9.79 Å². The summed E-state index contributed by atoms with van der Waals surface area (Å²) in [6.45, 7) is 0. The molecular formula is C13H11ClN2O4S. The summed E-state index contributed by atoms with van der Waals surface area (Å²) in [4.78, 5) is 14.7. The van der Waals surface area contributed by atoms with Crippen LogP contribution < -0.4 is 16.4 Å². The van der Waals surface area contributed by atoms with Crippen LogP contribution in [0.3, 0.4) is 0 Å². The molecule has 21 heavy (non-hydrogen) atoms. The monoisotopic (exact) mass is 326 g/mol. The van der Waals surface area contributed by atoms with Crippen molar-refractivity contribution in [3.8, 4) is 0 Å². The zero-order chi connectivity index (χ0) is 14.6. The lowest BCUT2D eigenvalue weighted by Crippen LogP contribution is -3.00. The molecule has 0 radical (unpaired) electrons. The average molecular weight is 327 g/mol. The van der Waals surface area contributed by atoms with Crippen molar-refractivity contribution in [3.05, 3.63) is 59.9 Å². The highest BCUT2D eigenvalue weighted by atomic mass is 35.5. The summed E-state index contributed by atoms with van der Waals surface area (Å²) >= 11 is 0. The number of pyridine rings is 1. The number of halogens is 1. The second-order valence-electron chi connectivity index (χ2n) is 3.91. The maximum absolute atomic E-state index is 10.8. The highest BCUT2D eigenvalue weighted by Gasteiger charge is 2.15. The molecule has 0 fully saturated rings. The number of nitrogens with zero attached hydrogens (tertiary/aromatic N) is 2. The first kappa shape index (κ1) is 17.0. The molecule has 2 rings (SSSR count). The van der Waals surface area contributed by atoms with Crippen molar-refractivity contribution in [2.45, 2.75) is 0 Å². The van der Waals surface area contributed by atoms with Crippen molar-refractivity contribution in [2.75, 3.05) is 0 Å². The van der Waals surface area contributed by atoms with E-state index in [0.29, 0.717) is 15.2 Å². The molecule has 0 bridgehead atoms. The van der Waals surface area contributed by atoms with Gasteiger partial charge in [0, 0.05) is 23.9 Å². The van der Waals surface area contributed by atoms with E-state index in [4.69, 9.17) is 4.55 Å². The van der Waals surface area contributed by atoms with E-state index in [-0.39, 0.29) is 12.4 Å². The third kappa shape index (κ3) is 4.75. The van der Waals surface area contributed by atoms with Crippen LogP contribution in [0, 0.1) is 0 Å². The van der Waals surface area contributed by atoms with Crippen LogP contribution in [-0.4, -0.2) is 25.5 Å². The van der Waals surface area contributed by atoms with Gasteiger partial charge in [0.15, 0.2) is 12.4 Å². The van der Waals surface area contributed by atoms with Crippen molar-refractivity contribution >= 4 is 28.5 Å². The second kappa shape index (κ2) is 7.07. The molecule has 0 aliphatic carbocycles. The van der Waals surface area contributed by atoms with Crippen LogP contribution in [0.1, 0.15) is 15.9 Å². The number of carbonyl (C=O) groups is 1. The highest BCUT2D eigenvalue weighted by Crippen LogP contribution is 2.08. The largest absolute Gasteiger partial charge is 1.00 e. The van der Waals surface area contributed by atoms with Crippen LogP contribution in [0.2, 0.25) is 0 Å². The molecule has 1 N–H and O–H groups in total. The second-order valence-corrected chi connectivity index (χ2v) is 5.22. The quantitative estimate of drug-likeness (QED) is 0.310. The van der Waals surface area contributed by atoms with E-state index in [1.807, 2.05) is 0 Å².